The number of halogens is 1. The van der Waals surface area contributed by atoms with Crippen molar-refractivity contribution in [2.45, 2.75) is 39.2 Å². The fourth-order valence-electron chi connectivity index (χ4n) is 5.81. The summed E-state index contributed by atoms with van der Waals surface area (Å²) in [7, 11) is -15.1. The fourth-order valence-corrected chi connectivity index (χ4v) is 8.53. The molecule has 1 aliphatic rings. The zero-order valence-corrected chi connectivity index (χ0v) is 32.3. The van der Waals surface area contributed by atoms with Crippen LogP contribution in [-0.2, 0) is 48.0 Å². The van der Waals surface area contributed by atoms with E-state index in [1.54, 1.807) is 42.5 Å². The third kappa shape index (κ3) is 8.49. The molecule has 0 bridgehead atoms. The number of fused-ring (bicyclic) bond motifs is 2. The second kappa shape index (κ2) is 15.4. The highest BCUT2D eigenvalue weighted by Gasteiger charge is 2.30. The second-order valence-electron chi connectivity index (χ2n) is 11.8. The minimum atomic E-state index is -5.21. The van der Waals surface area contributed by atoms with Gasteiger partial charge in [0.25, 0.3) is 30.4 Å². The Balaban J connectivity index is 1.47. The number of guanidine groups is 2. The Morgan fingerprint density at radius 3 is 2.21 bits per heavy atom. The zero-order valence-electron chi connectivity index (χ0n) is 28.3. The van der Waals surface area contributed by atoms with E-state index in [-0.39, 0.29) is 39.5 Å². The van der Waals surface area contributed by atoms with Gasteiger partial charge in [-0.25, -0.2) is 14.2 Å². The molecule has 294 valence electrons. The van der Waals surface area contributed by atoms with Crippen molar-refractivity contribution >= 4 is 104 Å². The molecule has 1 heterocycles. The van der Waals surface area contributed by atoms with Crippen LogP contribution >= 0.6 is 11.6 Å². The summed E-state index contributed by atoms with van der Waals surface area (Å²) in [4.78, 5) is 7.31. The van der Waals surface area contributed by atoms with E-state index in [1.807, 2.05) is 0 Å². The van der Waals surface area contributed by atoms with E-state index >= 15 is 0 Å². The monoisotopic (exact) mass is 865 g/mol. The zero-order chi connectivity index (χ0) is 40.7. The number of rotatable bonds is 10. The molecule has 0 aromatic heterocycles. The van der Waals surface area contributed by atoms with Crippen LogP contribution < -0.4 is 15.5 Å². The van der Waals surface area contributed by atoms with E-state index in [9.17, 15) is 52.8 Å². The van der Waals surface area contributed by atoms with Gasteiger partial charge < -0.3 is 15.0 Å². The number of phenolic OH excluding ortho intramolecular Hbond substituents is 1. The number of azo groups is 1. The molecule has 0 aliphatic carbocycles. The number of anilines is 2. The van der Waals surface area contributed by atoms with E-state index in [2.05, 4.69) is 30.8 Å². The van der Waals surface area contributed by atoms with Crippen LogP contribution in [0.1, 0.15) is 12.5 Å². The lowest BCUT2D eigenvalue weighted by Gasteiger charge is -2.32. The fraction of sp³-hybridized carbons (Fsp3) is 0.125. The number of aliphatic imine (C=N–C) groups is 2. The number of nitrogens with zero attached hydrogens (tertiary/aromatic N) is 5. The summed E-state index contributed by atoms with van der Waals surface area (Å²) in [6, 6.07) is 19.6. The van der Waals surface area contributed by atoms with Crippen molar-refractivity contribution in [1.82, 2.24) is 5.32 Å². The second-order valence-corrected chi connectivity index (χ2v) is 17.6. The topological polar surface area (TPSA) is 297 Å². The molecule has 24 heteroatoms. The molecule has 7 N–H and O–H groups in total. The molecule has 0 radical (unpaired) electrons. The van der Waals surface area contributed by atoms with Crippen molar-refractivity contribution in [3.63, 3.8) is 0 Å². The summed E-state index contributed by atoms with van der Waals surface area (Å²) in [5.74, 6) is -1.26. The highest BCUT2D eigenvalue weighted by molar-refractivity contribution is 7.86. The molecule has 56 heavy (non-hydrogen) atoms. The van der Waals surface area contributed by atoms with Gasteiger partial charge in [-0.3, -0.25) is 23.9 Å². The third-order valence-electron chi connectivity index (χ3n) is 8.21. The minimum Gasteiger partial charge on any atom is -0.507 e. The van der Waals surface area contributed by atoms with Gasteiger partial charge in [0.1, 0.15) is 26.6 Å². The van der Waals surface area contributed by atoms with Gasteiger partial charge in [-0.1, -0.05) is 60.1 Å². The maximum absolute atomic E-state index is 12.6. The van der Waals surface area contributed by atoms with E-state index < -0.39 is 85.0 Å². The lowest BCUT2D eigenvalue weighted by molar-refractivity contribution is 0.463. The molecule has 3 atom stereocenters. The Morgan fingerprint density at radius 2 is 1.57 bits per heavy atom. The standard InChI is InChI=1S/C32H28ClN7O12S4/c1-17(53(42)43)40(20-8-3-2-4-9-20)32-37-30(33)36-31(38-32)35-25-15-21(54(44,45)46)13-19-14-26(55(47,48)49)23(28(41)27(19)25)16-34-39-24-12-11-18-7-5-6-10-22(18)29(24)56(50,51)52/h2-15,17,30,41H,16H2,1H3,(H,42,43)(H,44,45,46)(H,47,48,49)(H,50,51,52)(H2,35,36,37,38). The number of alkyl halides is 1. The first-order chi connectivity index (χ1) is 26.2. The van der Waals surface area contributed by atoms with Gasteiger partial charge in [0.15, 0.2) is 11.1 Å². The molecule has 0 fully saturated rings. The lowest BCUT2D eigenvalue weighted by Crippen LogP contribution is -2.53. The number of phenols is 1. The number of hydrogen-bond donors (Lipinski definition) is 7. The van der Waals surface area contributed by atoms with E-state index in [4.69, 9.17) is 11.6 Å². The first kappa shape index (κ1) is 40.6. The Hall–Kier alpha value is -5.11. The molecule has 0 saturated heterocycles. The van der Waals surface area contributed by atoms with Crippen LogP contribution in [0.5, 0.6) is 5.75 Å². The first-order valence-corrected chi connectivity index (χ1v) is 21.6. The maximum atomic E-state index is 12.6. The van der Waals surface area contributed by atoms with Crippen molar-refractivity contribution in [3.05, 3.63) is 90.5 Å². The van der Waals surface area contributed by atoms with Crippen LogP contribution in [0, 0.1) is 0 Å². The van der Waals surface area contributed by atoms with Gasteiger partial charge >= 0.3 is 0 Å². The number of para-hydroxylation sites is 1. The van der Waals surface area contributed by atoms with E-state index in [1.165, 1.54) is 36.1 Å². The normalized spacial score (nSPS) is 16.3. The quantitative estimate of drug-likeness (QED) is 0.0318. The molecular formula is C32H28ClN7O12S4. The van der Waals surface area contributed by atoms with Crippen molar-refractivity contribution in [3.8, 4) is 5.75 Å². The van der Waals surface area contributed by atoms with Crippen molar-refractivity contribution in [2.24, 2.45) is 20.2 Å². The van der Waals surface area contributed by atoms with Crippen LogP contribution in [0.3, 0.4) is 0 Å². The Kier molecular flexibility index (Phi) is 11.2. The average Bonchev–Trinajstić information content (AvgIpc) is 3.11. The molecule has 0 saturated carbocycles. The van der Waals surface area contributed by atoms with Gasteiger partial charge in [0.05, 0.1) is 17.1 Å². The highest BCUT2D eigenvalue weighted by atomic mass is 35.5. The molecule has 3 unspecified atom stereocenters. The van der Waals surface area contributed by atoms with Gasteiger partial charge in [-0.2, -0.15) is 35.5 Å². The average molecular weight is 866 g/mol. The van der Waals surface area contributed by atoms with Crippen molar-refractivity contribution < 1.29 is 52.8 Å². The minimum absolute atomic E-state index is 0.0987. The van der Waals surface area contributed by atoms with Crippen LogP contribution in [0.2, 0.25) is 0 Å². The molecule has 5 aromatic carbocycles. The summed E-state index contributed by atoms with van der Waals surface area (Å²) < 4.78 is 127. The largest absolute Gasteiger partial charge is 0.507 e. The predicted octanol–water partition coefficient (Wildman–Crippen LogP) is 5.05. The van der Waals surface area contributed by atoms with E-state index in [0.717, 1.165) is 18.2 Å². The van der Waals surface area contributed by atoms with Crippen molar-refractivity contribution in [1.29, 1.82) is 0 Å². The molecule has 0 amide bonds. The summed E-state index contributed by atoms with van der Waals surface area (Å²) in [5.41, 5.74) is -2.25. The van der Waals surface area contributed by atoms with Crippen molar-refractivity contribution in [2.75, 3.05) is 10.2 Å². The highest BCUT2D eigenvalue weighted by Crippen LogP contribution is 2.41. The smallest absolute Gasteiger partial charge is 0.297 e. The van der Waals surface area contributed by atoms with Gasteiger partial charge in [0.2, 0.25) is 17.5 Å². The Bertz CT molecular complexity index is 2860. The predicted molar refractivity (Wildman–Crippen MR) is 208 cm³/mol. The Labute approximate surface area is 326 Å². The molecule has 6 rings (SSSR count). The number of aromatic hydroxyl groups is 1. The summed E-state index contributed by atoms with van der Waals surface area (Å²) in [5, 5.41) is 23.7. The molecule has 1 aliphatic heterocycles. The molecule has 0 spiro atoms. The summed E-state index contributed by atoms with van der Waals surface area (Å²) >= 11 is 3.91. The maximum Gasteiger partial charge on any atom is 0.297 e. The SMILES string of the molecule is CC(N(C1=NC(Cl)N=C(Nc2cc(S(=O)(=O)O)cc3cc(S(=O)(=O)O)c(CN=Nc4ccc5ccccc5c4S(=O)(=O)O)c(O)c23)N1)c1ccccc1)S(=O)O. The number of benzene rings is 5. The van der Waals surface area contributed by atoms with Gasteiger partial charge in [-0.05, 0) is 54.1 Å². The number of hydrogen-bond acceptors (Lipinski definition) is 15. The van der Waals surface area contributed by atoms with Crippen LogP contribution in [-0.4, -0.2) is 75.7 Å². The molecular weight excluding hydrogens is 838 g/mol. The number of nitrogens with one attached hydrogen (secondary N) is 2. The van der Waals surface area contributed by atoms with Gasteiger partial charge in [-0.15, -0.1) is 0 Å². The third-order valence-corrected chi connectivity index (χ3v) is 11.9. The Morgan fingerprint density at radius 1 is 0.893 bits per heavy atom. The summed E-state index contributed by atoms with van der Waals surface area (Å²) in [6.45, 7) is 0.585. The van der Waals surface area contributed by atoms with Crippen LogP contribution in [0.15, 0.2) is 120 Å². The van der Waals surface area contributed by atoms with Crippen LogP contribution in [0.4, 0.5) is 17.1 Å². The van der Waals surface area contributed by atoms with Gasteiger partial charge in [0, 0.05) is 22.0 Å². The van der Waals surface area contributed by atoms with E-state index in [0.29, 0.717) is 11.1 Å². The molecule has 5 aromatic rings. The first-order valence-electron chi connectivity index (χ1n) is 15.7. The molecule has 19 nitrogen and oxygen atoms in total. The summed E-state index contributed by atoms with van der Waals surface area (Å²) in [6.07, 6.45) is 0. The van der Waals surface area contributed by atoms with Crippen LogP contribution in [0.25, 0.3) is 21.5 Å². The lowest BCUT2D eigenvalue weighted by atomic mass is 10.0.